The van der Waals surface area contributed by atoms with Crippen molar-refractivity contribution in [1.29, 1.82) is 0 Å². The minimum absolute atomic E-state index is 0.282. The first-order valence-corrected chi connectivity index (χ1v) is 7.40. The molecule has 2 fully saturated rings. The van der Waals surface area contributed by atoms with Crippen molar-refractivity contribution in [2.75, 3.05) is 26.3 Å². The molecule has 98 valence electrons. The largest absolute Gasteiger partial charge is 0.346 e. The van der Waals surface area contributed by atoms with E-state index in [1.807, 2.05) is 0 Å². The Morgan fingerprint density at radius 3 is 2.44 bits per heavy atom. The molecule has 6 heteroatoms. The lowest BCUT2D eigenvalue weighted by atomic mass is 10.2. The summed E-state index contributed by atoms with van der Waals surface area (Å²) in [4.78, 5) is 0.319. The van der Waals surface area contributed by atoms with Crippen LogP contribution in [0.4, 0.5) is 0 Å². The molecule has 0 atom stereocenters. The van der Waals surface area contributed by atoms with Crippen LogP contribution in [-0.4, -0.2) is 44.8 Å². The molecule has 0 radical (unpaired) electrons. The van der Waals surface area contributed by atoms with Gasteiger partial charge in [0, 0.05) is 13.0 Å². The standard InChI is InChI=1S/C12H15NO4S/c14-18(15,11-4-2-1-3-5-11)13-7-6-12(10-13)16-8-9-17-12/h1-5H,6-10H2. The molecule has 0 aliphatic carbocycles. The SMILES string of the molecule is O=S(=O)(c1ccccc1)N1CCC2(C1)OCCO2. The molecule has 2 heterocycles. The van der Waals surface area contributed by atoms with Crippen molar-refractivity contribution in [1.82, 2.24) is 4.31 Å². The smallest absolute Gasteiger partial charge is 0.243 e. The average molecular weight is 269 g/mol. The molecular weight excluding hydrogens is 254 g/mol. The van der Waals surface area contributed by atoms with Gasteiger partial charge in [0.05, 0.1) is 24.7 Å². The summed E-state index contributed by atoms with van der Waals surface area (Å²) in [6, 6.07) is 8.46. The normalized spacial score (nSPS) is 23.8. The van der Waals surface area contributed by atoms with Crippen LogP contribution in [-0.2, 0) is 19.5 Å². The molecule has 1 aromatic rings. The van der Waals surface area contributed by atoms with Crippen LogP contribution in [0, 0.1) is 0 Å². The minimum Gasteiger partial charge on any atom is -0.346 e. The zero-order valence-corrected chi connectivity index (χ0v) is 10.7. The number of hydrogen-bond acceptors (Lipinski definition) is 4. The first-order valence-electron chi connectivity index (χ1n) is 5.96. The molecule has 0 aromatic heterocycles. The van der Waals surface area contributed by atoms with E-state index >= 15 is 0 Å². The Morgan fingerprint density at radius 2 is 1.78 bits per heavy atom. The van der Waals surface area contributed by atoms with Gasteiger partial charge in [-0.05, 0) is 12.1 Å². The summed E-state index contributed by atoms with van der Waals surface area (Å²) in [5.74, 6) is -0.706. The van der Waals surface area contributed by atoms with Crippen LogP contribution >= 0.6 is 0 Å². The predicted octanol–water partition coefficient (Wildman–Crippen LogP) is 0.824. The second kappa shape index (κ2) is 4.31. The van der Waals surface area contributed by atoms with Crippen LogP contribution in [0.2, 0.25) is 0 Å². The van der Waals surface area contributed by atoms with Gasteiger partial charge in [-0.15, -0.1) is 0 Å². The van der Waals surface area contributed by atoms with E-state index in [0.29, 0.717) is 31.1 Å². The van der Waals surface area contributed by atoms with Gasteiger partial charge in [0.25, 0.3) is 0 Å². The van der Waals surface area contributed by atoms with Gasteiger partial charge in [0.2, 0.25) is 10.0 Å². The fourth-order valence-corrected chi connectivity index (χ4v) is 3.90. The first kappa shape index (κ1) is 12.1. The Kier molecular flexibility index (Phi) is 2.90. The van der Waals surface area contributed by atoms with Crippen molar-refractivity contribution < 1.29 is 17.9 Å². The number of nitrogens with zero attached hydrogens (tertiary/aromatic N) is 1. The highest BCUT2D eigenvalue weighted by Crippen LogP contribution is 2.33. The highest BCUT2D eigenvalue weighted by atomic mass is 32.2. The first-order chi connectivity index (χ1) is 8.62. The van der Waals surface area contributed by atoms with Crippen molar-refractivity contribution in [2.45, 2.75) is 17.1 Å². The molecule has 0 saturated carbocycles. The zero-order chi connectivity index (χ0) is 12.6. The van der Waals surface area contributed by atoms with Crippen LogP contribution in [0.15, 0.2) is 35.2 Å². The van der Waals surface area contributed by atoms with E-state index in [1.54, 1.807) is 30.3 Å². The van der Waals surface area contributed by atoms with Crippen molar-refractivity contribution in [3.8, 4) is 0 Å². The number of ether oxygens (including phenoxy) is 2. The van der Waals surface area contributed by atoms with E-state index in [0.717, 1.165) is 0 Å². The molecular formula is C12H15NO4S. The highest BCUT2D eigenvalue weighted by Gasteiger charge is 2.47. The van der Waals surface area contributed by atoms with Crippen molar-refractivity contribution in [3.63, 3.8) is 0 Å². The molecule has 0 unspecified atom stereocenters. The van der Waals surface area contributed by atoms with Gasteiger partial charge < -0.3 is 9.47 Å². The van der Waals surface area contributed by atoms with Gasteiger partial charge in [-0.3, -0.25) is 0 Å². The van der Waals surface area contributed by atoms with E-state index in [9.17, 15) is 8.42 Å². The molecule has 18 heavy (non-hydrogen) atoms. The number of sulfonamides is 1. The Morgan fingerprint density at radius 1 is 1.11 bits per heavy atom. The Hall–Kier alpha value is -0.950. The third kappa shape index (κ3) is 1.95. The van der Waals surface area contributed by atoms with E-state index in [4.69, 9.17) is 9.47 Å². The Labute approximate surface area is 106 Å². The topological polar surface area (TPSA) is 55.8 Å². The van der Waals surface area contributed by atoms with Crippen LogP contribution in [0.5, 0.6) is 0 Å². The van der Waals surface area contributed by atoms with Crippen LogP contribution < -0.4 is 0 Å². The summed E-state index contributed by atoms with van der Waals surface area (Å²) < 4.78 is 37.3. The summed E-state index contributed by atoms with van der Waals surface area (Å²) in [7, 11) is -3.43. The molecule has 0 N–H and O–H groups in total. The van der Waals surface area contributed by atoms with Gasteiger partial charge in [-0.2, -0.15) is 4.31 Å². The maximum atomic E-state index is 12.4. The lowest BCUT2D eigenvalue weighted by molar-refractivity contribution is -0.142. The fourth-order valence-electron chi connectivity index (χ4n) is 2.40. The lowest BCUT2D eigenvalue weighted by Crippen LogP contribution is -2.36. The molecule has 2 saturated heterocycles. The minimum atomic E-state index is -3.43. The molecule has 0 bridgehead atoms. The summed E-state index contributed by atoms with van der Waals surface area (Å²) >= 11 is 0. The monoisotopic (exact) mass is 269 g/mol. The quantitative estimate of drug-likeness (QED) is 0.798. The Balaban J connectivity index is 1.84. The van der Waals surface area contributed by atoms with Gasteiger partial charge in [-0.1, -0.05) is 18.2 Å². The molecule has 1 aromatic carbocycles. The summed E-state index contributed by atoms with van der Waals surface area (Å²) in [6.45, 7) is 1.81. The van der Waals surface area contributed by atoms with Crippen LogP contribution in [0.25, 0.3) is 0 Å². The third-order valence-corrected chi connectivity index (χ3v) is 5.21. The van der Waals surface area contributed by atoms with Crippen molar-refractivity contribution in [3.05, 3.63) is 30.3 Å². The van der Waals surface area contributed by atoms with Gasteiger partial charge in [-0.25, -0.2) is 8.42 Å². The molecule has 0 amide bonds. The van der Waals surface area contributed by atoms with Gasteiger partial charge in [0.1, 0.15) is 0 Å². The second-order valence-corrected chi connectivity index (χ2v) is 6.45. The summed E-state index contributed by atoms with van der Waals surface area (Å²) in [5, 5.41) is 0. The lowest BCUT2D eigenvalue weighted by Gasteiger charge is -2.22. The van der Waals surface area contributed by atoms with Crippen LogP contribution in [0.3, 0.4) is 0 Å². The molecule has 1 spiro atoms. The summed E-state index contributed by atoms with van der Waals surface area (Å²) in [6.07, 6.45) is 0.596. The van der Waals surface area contributed by atoms with Crippen molar-refractivity contribution >= 4 is 10.0 Å². The van der Waals surface area contributed by atoms with Gasteiger partial charge >= 0.3 is 0 Å². The third-order valence-electron chi connectivity index (χ3n) is 3.35. The maximum Gasteiger partial charge on any atom is 0.243 e. The van der Waals surface area contributed by atoms with E-state index in [-0.39, 0.29) is 6.54 Å². The summed E-state index contributed by atoms with van der Waals surface area (Å²) in [5.41, 5.74) is 0. The van der Waals surface area contributed by atoms with E-state index in [2.05, 4.69) is 0 Å². The van der Waals surface area contributed by atoms with E-state index < -0.39 is 15.8 Å². The number of benzene rings is 1. The van der Waals surface area contributed by atoms with Gasteiger partial charge in [0.15, 0.2) is 5.79 Å². The maximum absolute atomic E-state index is 12.4. The fraction of sp³-hybridized carbons (Fsp3) is 0.500. The predicted molar refractivity (Wildman–Crippen MR) is 64.5 cm³/mol. The average Bonchev–Trinajstić information content (AvgIpc) is 3.02. The second-order valence-electron chi connectivity index (χ2n) is 4.51. The zero-order valence-electron chi connectivity index (χ0n) is 9.91. The number of rotatable bonds is 2. The molecule has 2 aliphatic heterocycles. The number of hydrogen-bond donors (Lipinski definition) is 0. The highest BCUT2D eigenvalue weighted by molar-refractivity contribution is 7.89. The van der Waals surface area contributed by atoms with Crippen LogP contribution in [0.1, 0.15) is 6.42 Å². The van der Waals surface area contributed by atoms with E-state index in [1.165, 1.54) is 4.31 Å². The molecule has 2 aliphatic rings. The molecule has 5 nitrogen and oxygen atoms in total. The molecule has 3 rings (SSSR count). The van der Waals surface area contributed by atoms with Crippen molar-refractivity contribution in [2.24, 2.45) is 0 Å². The Bertz CT molecular complexity index is 522.